The maximum absolute atomic E-state index is 12.5. The van der Waals surface area contributed by atoms with Crippen molar-refractivity contribution in [1.82, 2.24) is 4.83 Å². The average molecular weight is 336 g/mol. The van der Waals surface area contributed by atoms with Crippen molar-refractivity contribution in [3.05, 3.63) is 48.5 Å². The number of rotatable bonds is 5. The third kappa shape index (κ3) is 2.99. The summed E-state index contributed by atoms with van der Waals surface area (Å²) < 4.78 is 29.5. The van der Waals surface area contributed by atoms with Gasteiger partial charge in [-0.05, 0) is 43.3 Å². The lowest BCUT2D eigenvalue weighted by Gasteiger charge is -2.17. The summed E-state index contributed by atoms with van der Waals surface area (Å²) in [6, 6.07) is 14.2. The van der Waals surface area contributed by atoms with E-state index in [4.69, 9.17) is 0 Å². The summed E-state index contributed by atoms with van der Waals surface area (Å²) in [7, 11) is -3.63. The molecule has 0 atom stereocenters. The zero-order chi connectivity index (χ0) is 15.6. The molecule has 0 unspecified atom stereocenters. The standard InChI is InChI=1S/C14H16N4O2S2/c1-2-15-11-7-9-12(10-8-11)22(19,20)17-18-14-6-4-3-5-13(14)16-21-18/h3-10,15-17H,2H2,1H3. The Bertz CT molecular complexity index is 763. The van der Waals surface area contributed by atoms with Gasteiger partial charge in [0, 0.05) is 12.2 Å². The number of nitrogens with one attached hydrogen (secondary N) is 3. The molecule has 2 aromatic carbocycles. The van der Waals surface area contributed by atoms with Crippen LogP contribution in [-0.4, -0.2) is 15.0 Å². The van der Waals surface area contributed by atoms with E-state index in [0.29, 0.717) is 0 Å². The Morgan fingerprint density at radius 1 is 1.14 bits per heavy atom. The van der Waals surface area contributed by atoms with Crippen LogP contribution in [0.25, 0.3) is 0 Å². The topological polar surface area (TPSA) is 73.5 Å². The van der Waals surface area contributed by atoms with Crippen LogP contribution >= 0.6 is 12.1 Å². The van der Waals surface area contributed by atoms with Crippen molar-refractivity contribution in [2.24, 2.45) is 0 Å². The number of sulfonamides is 1. The van der Waals surface area contributed by atoms with E-state index in [0.717, 1.165) is 23.6 Å². The van der Waals surface area contributed by atoms with Gasteiger partial charge >= 0.3 is 0 Å². The molecule has 2 aromatic rings. The zero-order valence-electron chi connectivity index (χ0n) is 11.9. The monoisotopic (exact) mass is 336 g/mol. The van der Waals surface area contributed by atoms with Crippen LogP contribution in [0.1, 0.15) is 6.92 Å². The van der Waals surface area contributed by atoms with Gasteiger partial charge in [0.25, 0.3) is 10.0 Å². The SMILES string of the molecule is CCNc1ccc(S(=O)(=O)NN2SNc3ccccc32)cc1. The molecule has 1 aliphatic rings. The van der Waals surface area contributed by atoms with Gasteiger partial charge < -0.3 is 10.0 Å². The number of benzene rings is 2. The first-order chi connectivity index (χ1) is 10.6. The Morgan fingerprint density at radius 2 is 1.86 bits per heavy atom. The molecule has 0 amide bonds. The molecule has 0 aromatic heterocycles. The summed E-state index contributed by atoms with van der Waals surface area (Å²) >= 11 is 1.18. The molecule has 0 aliphatic carbocycles. The number of hydrazine groups is 1. The van der Waals surface area contributed by atoms with Crippen molar-refractivity contribution in [2.45, 2.75) is 11.8 Å². The molecule has 1 heterocycles. The maximum Gasteiger partial charge on any atom is 0.258 e. The van der Waals surface area contributed by atoms with E-state index in [9.17, 15) is 8.42 Å². The van der Waals surface area contributed by atoms with Crippen LogP contribution in [-0.2, 0) is 10.0 Å². The van der Waals surface area contributed by atoms with Gasteiger partial charge in [-0.25, -0.2) is 12.8 Å². The van der Waals surface area contributed by atoms with E-state index in [-0.39, 0.29) is 4.90 Å². The normalized spacial score (nSPS) is 13.6. The van der Waals surface area contributed by atoms with Crippen LogP contribution in [0.3, 0.4) is 0 Å². The van der Waals surface area contributed by atoms with Gasteiger partial charge in [-0.15, -0.1) is 4.83 Å². The third-order valence-corrected chi connectivity index (χ3v) is 5.33. The van der Waals surface area contributed by atoms with Gasteiger partial charge in [-0.2, -0.15) is 0 Å². The van der Waals surface area contributed by atoms with Crippen molar-refractivity contribution in [3.63, 3.8) is 0 Å². The highest BCUT2D eigenvalue weighted by Crippen LogP contribution is 2.37. The van der Waals surface area contributed by atoms with Crippen molar-refractivity contribution >= 4 is 39.2 Å². The molecular formula is C14H16N4O2S2. The largest absolute Gasteiger partial charge is 0.385 e. The summed E-state index contributed by atoms with van der Waals surface area (Å²) in [6.07, 6.45) is 0. The van der Waals surface area contributed by atoms with Crippen molar-refractivity contribution in [3.8, 4) is 0 Å². The molecule has 3 N–H and O–H groups in total. The zero-order valence-corrected chi connectivity index (χ0v) is 13.5. The van der Waals surface area contributed by atoms with Crippen molar-refractivity contribution in [2.75, 3.05) is 21.0 Å². The van der Waals surface area contributed by atoms with Gasteiger partial charge in [0.05, 0.1) is 28.4 Å². The van der Waals surface area contributed by atoms with E-state index in [1.807, 2.05) is 31.2 Å². The second kappa shape index (κ2) is 6.07. The number of para-hydroxylation sites is 2. The summed E-state index contributed by atoms with van der Waals surface area (Å²) in [5.41, 5.74) is 2.54. The fourth-order valence-corrected chi connectivity index (χ4v) is 4.05. The second-order valence-electron chi connectivity index (χ2n) is 4.65. The summed E-state index contributed by atoms with van der Waals surface area (Å²) in [5, 5.41) is 3.13. The molecule has 0 fully saturated rings. The fraction of sp³-hybridized carbons (Fsp3) is 0.143. The van der Waals surface area contributed by atoms with Crippen LogP contribution < -0.4 is 19.3 Å². The number of anilines is 3. The molecule has 1 aliphatic heterocycles. The molecule has 3 rings (SSSR count). The van der Waals surface area contributed by atoms with Gasteiger partial charge in [0.2, 0.25) is 0 Å². The van der Waals surface area contributed by atoms with E-state index in [2.05, 4.69) is 14.9 Å². The number of hydrogen-bond acceptors (Lipinski definition) is 6. The average Bonchev–Trinajstić information content (AvgIpc) is 2.91. The smallest absolute Gasteiger partial charge is 0.258 e. The highest BCUT2D eigenvalue weighted by Gasteiger charge is 2.25. The lowest BCUT2D eigenvalue weighted by atomic mass is 10.3. The highest BCUT2D eigenvalue weighted by molar-refractivity contribution is 8.03. The molecule has 8 heteroatoms. The van der Waals surface area contributed by atoms with E-state index in [1.165, 1.54) is 16.5 Å². The Hall–Kier alpha value is -1.90. The molecule has 0 bridgehead atoms. The molecule has 0 saturated heterocycles. The minimum atomic E-state index is -3.63. The van der Waals surface area contributed by atoms with Crippen LogP contribution in [0.5, 0.6) is 0 Å². The van der Waals surface area contributed by atoms with Crippen LogP contribution in [0.4, 0.5) is 17.1 Å². The predicted molar refractivity (Wildman–Crippen MR) is 91.1 cm³/mol. The van der Waals surface area contributed by atoms with Gasteiger partial charge in [0.15, 0.2) is 0 Å². The van der Waals surface area contributed by atoms with E-state index >= 15 is 0 Å². The van der Waals surface area contributed by atoms with Crippen LogP contribution in [0.2, 0.25) is 0 Å². The summed E-state index contributed by atoms with van der Waals surface area (Å²) in [6.45, 7) is 2.78. The minimum absolute atomic E-state index is 0.221. The highest BCUT2D eigenvalue weighted by atomic mass is 32.2. The number of hydrogen-bond donors (Lipinski definition) is 3. The lowest BCUT2D eigenvalue weighted by molar-refractivity contribution is 0.585. The summed E-state index contributed by atoms with van der Waals surface area (Å²) in [4.78, 5) is 2.79. The van der Waals surface area contributed by atoms with Crippen molar-refractivity contribution in [1.29, 1.82) is 0 Å². The molecular weight excluding hydrogens is 320 g/mol. The summed E-state index contributed by atoms with van der Waals surface area (Å²) in [5.74, 6) is 0. The number of fused-ring (bicyclic) bond motifs is 1. The molecule has 0 saturated carbocycles. The molecule has 116 valence electrons. The third-order valence-electron chi connectivity index (χ3n) is 3.12. The van der Waals surface area contributed by atoms with Gasteiger partial charge in [-0.3, -0.25) is 0 Å². The maximum atomic E-state index is 12.5. The molecule has 6 nitrogen and oxygen atoms in total. The van der Waals surface area contributed by atoms with Crippen molar-refractivity contribution < 1.29 is 8.42 Å². The fourth-order valence-electron chi connectivity index (χ4n) is 2.07. The Labute approximate surface area is 134 Å². The van der Waals surface area contributed by atoms with E-state index in [1.54, 1.807) is 24.3 Å². The second-order valence-corrected chi connectivity index (χ2v) is 7.07. The Balaban J connectivity index is 1.79. The first kappa shape index (κ1) is 15.0. The van der Waals surface area contributed by atoms with E-state index < -0.39 is 10.0 Å². The Morgan fingerprint density at radius 3 is 2.59 bits per heavy atom. The van der Waals surface area contributed by atoms with Crippen LogP contribution in [0.15, 0.2) is 53.4 Å². The molecule has 22 heavy (non-hydrogen) atoms. The lowest BCUT2D eigenvalue weighted by Crippen LogP contribution is -2.36. The predicted octanol–water partition coefficient (Wildman–Crippen LogP) is 2.81. The Kier molecular flexibility index (Phi) is 4.14. The molecule has 0 radical (unpaired) electrons. The van der Waals surface area contributed by atoms with Gasteiger partial charge in [0.1, 0.15) is 0 Å². The first-order valence-electron chi connectivity index (χ1n) is 6.78. The first-order valence-corrected chi connectivity index (χ1v) is 9.04. The van der Waals surface area contributed by atoms with Crippen LogP contribution in [0, 0.1) is 0 Å². The molecule has 0 spiro atoms. The quantitative estimate of drug-likeness (QED) is 0.729. The minimum Gasteiger partial charge on any atom is -0.385 e. The number of nitrogens with zero attached hydrogens (tertiary/aromatic N) is 1. The van der Waals surface area contributed by atoms with Gasteiger partial charge in [-0.1, -0.05) is 12.1 Å².